The maximum Gasteiger partial charge on any atom is 0.186 e. The number of hydrogen-bond acceptors (Lipinski definition) is 5. The Balaban J connectivity index is 2.90. The van der Waals surface area contributed by atoms with Crippen LogP contribution in [0, 0.1) is 0 Å². The first-order valence-electron chi connectivity index (χ1n) is 6.58. The summed E-state index contributed by atoms with van der Waals surface area (Å²) in [4.78, 5) is 8.26. The topological polar surface area (TPSA) is 51.4 Å². The summed E-state index contributed by atoms with van der Waals surface area (Å²) in [5.41, 5.74) is 6.97. The maximum absolute atomic E-state index is 5.80. The molecule has 0 bridgehead atoms. The van der Waals surface area contributed by atoms with Gasteiger partial charge in [0.2, 0.25) is 0 Å². The van der Waals surface area contributed by atoms with E-state index in [4.69, 9.17) is 15.5 Å². The van der Waals surface area contributed by atoms with E-state index in [9.17, 15) is 0 Å². The Hall–Kier alpha value is -0.650. The largest absolute Gasteiger partial charge is 0.383 e. The summed E-state index contributed by atoms with van der Waals surface area (Å²) in [6.45, 7) is 8.71. The van der Waals surface area contributed by atoms with Crippen LogP contribution in [0.15, 0.2) is 0 Å². The molecule has 0 fully saturated rings. The van der Waals surface area contributed by atoms with E-state index in [1.165, 1.54) is 10.6 Å². The van der Waals surface area contributed by atoms with Gasteiger partial charge in [0.1, 0.15) is 0 Å². The number of thiazole rings is 1. The summed E-state index contributed by atoms with van der Waals surface area (Å²) >= 11 is 1.72. The van der Waals surface area contributed by atoms with Crippen molar-refractivity contribution >= 4 is 16.5 Å². The van der Waals surface area contributed by atoms with Crippen LogP contribution in [0.4, 0.5) is 5.13 Å². The minimum atomic E-state index is 0.423. The van der Waals surface area contributed by atoms with Gasteiger partial charge in [-0.2, -0.15) is 0 Å². The number of rotatable bonds is 8. The Bertz CT molecular complexity index is 352. The van der Waals surface area contributed by atoms with E-state index >= 15 is 0 Å². The minimum Gasteiger partial charge on any atom is -0.383 e. The molecule has 1 aromatic rings. The van der Waals surface area contributed by atoms with Crippen molar-refractivity contribution in [2.75, 3.05) is 25.2 Å². The molecular formula is C13H25N3OS. The second-order valence-corrected chi connectivity index (χ2v) is 5.66. The third-order valence-corrected chi connectivity index (χ3v) is 4.00. The van der Waals surface area contributed by atoms with E-state index in [2.05, 4.69) is 25.7 Å². The molecule has 1 aromatic heterocycles. The highest BCUT2D eigenvalue weighted by Crippen LogP contribution is 2.28. The molecule has 0 aromatic carbocycles. The second-order valence-electron chi connectivity index (χ2n) is 4.60. The van der Waals surface area contributed by atoms with Crippen molar-refractivity contribution in [3.8, 4) is 0 Å². The van der Waals surface area contributed by atoms with Gasteiger partial charge in [-0.25, -0.2) is 4.98 Å². The lowest BCUT2D eigenvalue weighted by molar-refractivity contribution is 0.204. The van der Waals surface area contributed by atoms with Crippen molar-refractivity contribution in [2.45, 2.75) is 46.2 Å². The summed E-state index contributed by atoms with van der Waals surface area (Å²) in [6.07, 6.45) is 2.12. The molecular weight excluding hydrogens is 246 g/mol. The van der Waals surface area contributed by atoms with Gasteiger partial charge in [-0.15, -0.1) is 11.3 Å². The molecule has 0 aliphatic rings. The van der Waals surface area contributed by atoms with Crippen LogP contribution < -0.4 is 10.6 Å². The van der Waals surface area contributed by atoms with Gasteiger partial charge >= 0.3 is 0 Å². The molecule has 1 rings (SSSR count). The van der Waals surface area contributed by atoms with E-state index in [0.29, 0.717) is 12.6 Å². The third-order valence-electron chi connectivity index (χ3n) is 2.84. The monoisotopic (exact) mass is 271 g/mol. The van der Waals surface area contributed by atoms with Gasteiger partial charge in [-0.1, -0.05) is 13.3 Å². The quantitative estimate of drug-likeness (QED) is 0.789. The fourth-order valence-corrected chi connectivity index (χ4v) is 2.99. The fraction of sp³-hybridized carbons (Fsp3) is 0.769. The molecule has 0 radical (unpaired) electrons. The van der Waals surface area contributed by atoms with Gasteiger partial charge in [-0.05, 0) is 20.3 Å². The number of aromatic nitrogens is 1. The fourth-order valence-electron chi connectivity index (χ4n) is 1.85. The van der Waals surface area contributed by atoms with E-state index < -0.39 is 0 Å². The molecule has 0 saturated carbocycles. The normalized spacial score (nSPS) is 11.2. The van der Waals surface area contributed by atoms with Crippen LogP contribution >= 0.6 is 11.3 Å². The summed E-state index contributed by atoms with van der Waals surface area (Å²) in [5, 5.41) is 1.07. The molecule has 5 heteroatoms. The number of hydrogen-bond donors (Lipinski definition) is 1. The standard InChI is InChI=1S/C13H25N3OS/c1-5-6-11-12(9-14)18-13(15-11)16(10(2)3)7-8-17-4/h10H,5-9,14H2,1-4H3. The average Bonchev–Trinajstić information content (AvgIpc) is 2.73. The van der Waals surface area contributed by atoms with Gasteiger partial charge in [0.25, 0.3) is 0 Å². The number of anilines is 1. The highest BCUT2D eigenvalue weighted by molar-refractivity contribution is 7.15. The van der Waals surface area contributed by atoms with E-state index in [-0.39, 0.29) is 0 Å². The first-order valence-corrected chi connectivity index (χ1v) is 7.39. The van der Waals surface area contributed by atoms with Crippen molar-refractivity contribution in [3.05, 3.63) is 10.6 Å². The molecule has 4 nitrogen and oxygen atoms in total. The maximum atomic E-state index is 5.80. The number of nitrogens with zero attached hydrogens (tertiary/aromatic N) is 2. The Morgan fingerprint density at radius 3 is 2.67 bits per heavy atom. The molecule has 0 amide bonds. The van der Waals surface area contributed by atoms with Gasteiger partial charge in [0.05, 0.1) is 12.3 Å². The van der Waals surface area contributed by atoms with Gasteiger partial charge in [0, 0.05) is 31.1 Å². The van der Waals surface area contributed by atoms with Crippen LogP contribution in [0.1, 0.15) is 37.8 Å². The zero-order valence-corrected chi connectivity index (χ0v) is 12.7. The summed E-state index contributed by atoms with van der Waals surface area (Å²) < 4.78 is 5.17. The third kappa shape index (κ3) is 3.93. The lowest BCUT2D eigenvalue weighted by Crippen LogP contribution is -2.33. The van der Waals surface area contributed by atoms with Gasteiger partial charge in [-0.3, -0.25) is 0 Å². The van der Waals surface area contributed by atoms with Crippen LogP contribution in [0.2, 0.25) is 0 Å². The predicted molar refractivity (Wildman–Crippen MR) is 78.4 cm³/mol. The molecule has 0 unspecified atom stereocenters. The van der Waals surface area contributed by atoms with Gasteiger partial charge < -0.3 is 15.4 Å². The van der Waals surface area contributed by atoms with Crippen molar-refractivity contribution in [1.29, 1.82) is 0 Å². The zero-order chi connectivity index (χ0) is 13.5. The SMILES string of the molecule is CCCc1nc(N(CCOC)C(C)C)sc1CN. The molecule has 0 aliphatic carbocycles. The van der Waals surface area contributed by atoms with Crippen LogP contribution in [-0.2, 0) is 17.7 Å². The lowest BCUT2D eigenvalue weighted by atomic mass is 10.2. The molecule has 2 N–H and O–H groups in total. The number of nitrogens with two attached hydrogens (primary N) is 1. The molecule has 0 saturated heterocycles. The predicted octanol–water partition coefficient (Wildman–Crippen LogP) is 2.42. The van der Waals surface area contributed by atoms with E-state index in [1.54, 1.807) is 18.4 Å². The Morgan fingerprint density at radius 1 is 1.44 bits per heavy atom. The van der Waals surface area contributed by atoms with Crippen LogP contribution in [0.25, 0.3) is 0 Å². The van der Waals surface area contributed by atoms with Crippen molar-refractivity contribution in [3.63, 3.8) is 0 Å². The average molecular weight is 271 g/mol. The zero-order valence-electron chi connectivity index (χ0n) is 11.9. The molecule has 0 atom stereocenters. The van der Waals surface area contributed by atoms with Crippen molar-refractivity contribution in [2.24, 2.45) is 5.73 Å². The summed E-state index contributed by atoms with van der Waals surface area (Å²) in [5.74, 6) is 0. The van der Waals surface area contributed by atoms with Crippen molar-refractivity contribution < 1.29 is 4.74 Å². The van der Waals surface area contributed by atoms with E-state index in [1.807, 2.05) is 0 Å². The number of methoxy groups -OCH3 is 1. The smallest absolute Gasteiger partial charge is 0.186 e. The van der Waals surface area contributed by atoms with Crippen LogP contribution in [0.3, 0.4) is 0 Å². The van der Waals surface area contributed by atoms with Crippen LogP contribution in [0.5, 0.6) is 0 Å². The summed E-state index contributed by atoms with van der Waals surface area (Å²) in [7, 11) is 1.73. The lowest BCUT2D eigenvalue weighted by Gasteiger charge is -2.25. The van der Waals surface area contributed by atoms with Crippen molar-refractivity contribution in [1.82, 2.24) is 4.98 Å². The highest BCUT2D eigenvalue weighted by atomic mass is 32.1. The first-order chi connectivity index (χ1) is 8.63. The number of aryl methyl sites for hydroxylation is 1. The highest BCUT2D eigenvalue weighted by Gasteiger charge is 2.17. The molecule has 0 spiro atoms. The van der Waals surface area contributed by atoms with Gasteiger partial charge in [0.15, 0.2) is 5.13 Å². The molecule has 0 aliphatic heterocycles. The Morgan fingerprint density at radius 2 is 2.17 bits per heavy atom. The van der Waals surface area contributed by atoms with E-state index in [0.717, 1.165) is 31.1 Å². The minimum absolute atomic E-state index is 0.423. The molecule has 1 heterocycles. The molecule has 18 heavy (non-hydrogen) atoms. The summed E-state index contributed by atoms with van der Waals surface area (Å²) in [6, 6.07) is 0.423. The first kappa shape index (κ1) is 15.4. The van der Waals surface area contributed by atoms with Crippen LogP contribution in [-0.4, -0.2) is 31.3 Å². The Kier molecular flexibility index (Phi) is 6.60. The number of ether oxygens (including phenoxy) is 1. The molecule has 104 valence electrons. The second kappa shape index (κ2) is 7.71. The Labute approximate surface area is 114 Å².